The molecular formula is C8H15NO2. The molecule has 0 aliphatic heterocycles. The predicted molar refractivity (Wildman–Crippen MR) is 43.9 cm³/mol. The smallest absolute Gasteiger partial charge is 0.241 e. The Kier molecular flexibility index (Phi) is 5.47. The number of aliphatic hydroxyl groups is 1. The second-order valence-corrected chi connectivity index (χ2v) is 2.47. The van der Waals surface area contributed by atoms with Crippen LogP contribution in [-0.4, -0.2) is 17.1 Å². The first-order chi connectivity index (χ1) is 5.16. The van der Waals surface area contributed by atoms with Crippen LogP contribution in [0.3, 0.4) is 0 Å². The van der Waals surface area contributed by atoms with E-state index in [1.807, 2.05) is 6.92 Å². The van der Waals surface area contributed by atoms with Gasteiger partial charge in [-0.3, -0.25) is 4.79 Å². The number of unbranched alkanes of at least 4 members (excludes halogenated alkanes) is 1. The highest BCUT2D eigenvalue weighted by Crippen LogP contribution is 2.00. The first-order valence-electron chi connectivity index (χ1n) is 3.82. The average Bonchev–Trinajstić information content (AvgIpc) is 1.97. The second-order valence-electron chi connectivity index (χ2n) is 2.47. The minimum Gasteiger partial charge on any atom is -0.389 e. The first-order valence-corrected chi connectivity index (χ1v) is 3.82. The fourth-order valence-electron chi connectivity index (χ4n) is 0.715. The lowest BCUT2D eigenvalue weighted by Gasteiger charge is -2.01. The zero-order valence-corrected chi connectivity index (χ0v) is 6.79. The third-order valence-corrected chi connectivity index (χ3v) is 1.34. The summed E-state index contributed by atoms with van der Waals surface area (Å²) in [6.07, 6.45) is 4.80. The molecule has 0 rings (SSSR count). The Morgan fingerprint density at radius 3 is 2.82 bits per heavy atom. The molecule has 1 atom stereocenters. The summed E-state index contributed by atoms with van der Waals surface area (Å²) in [7, 11) is 0. The predicted octanol–water partition coefficient (Wildman–Crippen LogP) is 0.579. The molecular weight excluding hydrogens is 142 g/mol. The van der Waals surface area contributed by atoms with Crippen molar-refractivity contribution in [1.29, 1.82) is 0 Å². The van der Waals surface area contributed by atoms with E-state index >= 15 is 0 Å². The third-order valence-electron chi connectivity index (χ3n) is 1.34. The highest BCUT2D eigenvalue weighted by Gasteiger charge is 1.97. The zero-order chi connectivity index (χ0) is 8.69. The molecule has 1 unspecified atom stereocenters. The molecule has 64 valence electrons. The van der Waals surface area contributed by atoms with Crippen LogP contribution in [0.2, 0.25) is 0 Å². The van der Waals surface area contributed by atoms with Crippen molar-refractivity contribution in [2.24, 2.45) is 5.73 Å². The fourth-order valence-corrected chi connectivity index (χ4v) is 0.715. The number of nitrogens with two attached hydrogens (primary N) is 1. The molecule has 0 aromatic rings. The molecule has 0 radical (unpaired) electrons. The van der Waals surface area contributed by atoms with Gasteiger partial charge in [0.25, 0.3) is 0 Å². The number of aliphatic hydroxyl groups excluding tert-OH is 1. The van der Waals surface area contributed by atoms with Crippen molar-refractivity contribution in [2.45, 2.75) is 32.3 Å². The SMILES string of the molecule is CCCCC(O)C=CC(N)=O. The molecule has 0 aromatic heterocycles. The Bertz CT molecular complexity index is 143. The van der Waals surface area contributed by atoms with Crippen molar-refractivity contribution in [3.63, 3.8) is 0 Å². The Morgan fingerprint density at radius 2 is 2.36 bits per heavy atom. The van der Waals surface area contributed by atoms with Crippen LogP contribution in [0.25, 0.3) is 0 Å². The van der Waals surface area contributed by atoms with E-state index < -0.39 is 12.0 Å². The summed E-state index contributed by atoms with van der Waals surface area (Å²) in [6, 6.07) is 0. The number of carbonyl (C=O) groups excluding carboxylic acids is 1. The minimum atomic E-state index is -0.526. The number of carbonyl (C=O) groups is 1. The van der Waals surface area contributed by atoms with E-state index in [1.165, 1.54) is 12.2 Å². The normalized spacial score (nSPS) is 13.6. The van der Waals surface area contributed by atoms with Crippen LogP contribution in [0.4, 0.5) is 0 Å². The quantitative estimate of drug-likeness (QED) is 0.573. The maximum Gasteiger partial charge on any atom is 0.241 e. The molecule has 11 heavy (non-hydrogen) atoms. The molecule has 0 fully saturated rings. The maximum atomic E-state index is 10.2. The molecule has 3 nitrogen and oxygen atoms in total. The molecule has 0 bridgehead atoms. The van der Waals surface area contributed by atoms with E-state index in [0.29, 0.717) is 6.42 Å². The van der Waals surface area contributed by atoms with Crippen LogP contribution in [0.15, 0.2) is 12.2 Å². The van der Waals surface area contributed by atoms with Crippen LogP contribution < -0.4 is 5.73 Å². The van der Waals surface area contributed by atoms with Gasteiger partial charge in [-0.2, -0.15) is 0 Å². The van der Waals surface area contributed by atoms with Gasteiger partial charge in [0.05, 0.1) is 6.10 Å². The molecule has 0 spiro atoms. The lowest BCUT2D eigenvalue weighted by molar-refractivity contribution is -0.113. The number of rotatable bonds is 5. The average molecular weight is 157 g/mol. The summed E-state index contributed by atoms with van der Waals surface area (Å²) in [4.78, 5) is 10.2. The van der Waals surface area contributed by atoms with Crippen molar-refractivity contribution in [2.75, 3.05) is 0 Å². The van der Waals surface area contributed by atoms with E-state index in [9.17, 15) is 4.79 Å². The highest BCUT2D eigenvalue weighted by molar-refractivity contribution is 5.85. The van der Waals surface area contributed by atoms with Gasteiger partial charge in [-0.1, -0.05) is 25.8 Å². The highest BCUT2D eigenvalue weighted by atomic mass is 16.3. The Hall–Kier alpha value is -0.830. The molecule has 3 N–H and O–H groups in total. The van der Waals surface area contributed by atoms with Gasteiger partial charge >= 0.3 is 0 Å². The summed E-state index contributed by atoms with van der Waals surface area (Å²) >= 11 is 0. The van der Waals surface area contributed by atoms with Crippen molar-refractivity contribution in [1.82, 2.24) is 0 Å². The Morgan fingerprint density at radius 1 is 1.73 bits per heavy atom. The monoisotopic (exact) mass is 157 g/mol. The minimum absolute atomic E-state index is 0.513. The van der Waals surface area contributed by atoms with E-state index in [4.69, 9.17) is 10.8 Å². The van der Waals surface area contributed by atoms with Crippen molar-refractivity contribution < 1.29 is 9.90 Å². The molecule has 0 aliphatic carbocycles. The van der Waals surface area contributed by atoms with E-state index in [1.54, 1.807) is 0 Å². The molecule has 0 aliphatic rings. The van der Waals surface area contributed by atoms with Gasteiger partial charge in [0.2, 0.25) is 5.91 Å². The lowest BCUT2D eigenvalue weighted by atomic mass is 10.1. The van der Waals surface area contributed by atoms with Crippen molar-refractivity contribution in [3.8, 4) is 0 Å². The standard InChI is InChI=1S/C8H15NO2/c1-2-3-4-7(10)5-6-8(9)11/h5-7,10H,2-4H2,1H3,(H2,9,11). The van der Waals surface area contributed by atoms with Gasteiger partial charge in [0, 0.05) is 6.08 Å². The second kappa shape index (κ2) is 5.92. The lowest BCUT2D eigenvalue weighted by Crippen LogP contribution is -2.08. The van der Waals surface area contributed by atoms with Crippen LogP contribution in [-0.2, 0) is 4.79 Å². The van der Waals surface area contributed by atoms with E-state index in [2.05, 4.69) is 0 Å². The van der Waals surface area contributed by atoms with Crippen molar-refractivity contribution in [3.05, 3.63) is 12.2 Å². The number of hydrogen-bond acceptors (Lipinski definition) is 2. The Balaban J connectivity index is 3.50. The third kappa shape index (κ3) is 7.06. The summed E-state index contributed by atoms with van der Waals surface area (Å²) in [5.74, 6) is -0.513. The van der Waals surface area contributed by atoms with Gasteiger partial charge in [-0.25, -0.2) is 0 Å². The largest absolute Gasteiger partial charge is 0.389 e. The maximum absolute atomic E-state index is 10.2. The molecule has 0 heterocycles. The zero-order valence-electron chi connectivity index (χ0n) is 6.79. The summed E-state index contributed by atoms with van der Waals surface area (Å²) in [6.45, 7) is 2.05. The van der Waals surface area contributed by atoms with Gasteiger partial charge in [-0.15, -0.1) is 0 Å². The van der Waals surface area contributed by atoms with Gasteiger partial charge in [0.1, 0.15) is 0 Å². The van der Waals surface area contributed by atoms with Gasteiger partial charge in [-0.05, 0) is 6.42 Å². The Labute approximate surface area is 66.9 Å². The molecule has 0 saturated heterocycles. The van der Waals surface area contributed by atoms with Gasteiger partial charge in [0.15, 0.2) is 0 Å². The fraction of sp³-hybridized carbons (Fsp3) is 0.625. The van der Waals surface area contributed by atoms with Gasteiger partial charge < -0.3 is 10.8 Å². The summed E-state index contributed by atoms with van der Waals surface area (Å²) < 4.78 is 0. The number of hydrogen-bond donors (Lipinski definition) is 2. The molecule has 1 amide bonds. The summed E-state index contributed by atoms with van der Waals surface area (Å²) in [5, 5.41) is 9.13. The number of amides is 1. The van der Waals surface area contributed by atoms with Crippen LogP contribution in [0.5, 0.6) is 0 Å². The van der Waals surface area contributed by atoms with E-state index in [-0.39, 0.29) is 0 Å². The van der Waals surface area contributed by atoms with Crippen LogP contribution >= 0.6 is 0 Å². The summed E-state index contributed by atoms with van der Waals surface area (Å²) in [5.41, 5.74) is 4.83. The molecule has 0 saturated carbocycles. The van der Waals surface area contributed by atoms with Crippen LogP contribution in [0, 0.1) is 0 Å². The van der Waals surface area contributed by atoms with E-state index in [0.717, 1.165) is 12.8 Å². The topological polar surface area (TPSA) is 63.3 Å². The van der Waals surface area contributed by atoms with Crippen molar-refractivity contribution >= 4 is 5.91 Å². The van der Waals surface area contributed by atoms with Crippen LogP contribution in [0.1, 0.15) is 26.2 Å². The number of primary amides is 1. The molecule has 3 heteroatoms. The molecule has 0 aromatic carbocycles. The first kappa shape index (κ1) is 10.2.